The van der Waals surface area contributed by atoms with Crippen molar-refractivity contribution in [3.05, 3.63) is 40.6 Å². The third-order valence-electron chi connectivity index (χ3n) is 3.86. The molecule has 0 bridgehead atoms. The van der Waals surface area contributed by atoms with Crippen molar-refractivity contribution in [2.45, 2.75) is 32.4 Å². The van der Waals surface area contributed by atoms with Crippen LogP contribution in [0.2, 0.25) is 0 Å². The summed E-state index contributed by atoms with van der Waals surface area (Å²) in [6.45, 7) is 3.79. The van der Waals surface area contributed by atoms with Gasteiger partial charge in [-0.2, -0.15) is 5.10 Å². The van der Waals surface area contributed by atoms with Crippen LogP contribution >= 0.6 is 0 Å². The Kier molecular flexibility index (Phi) is 4.99. The molecular formula is C15H20N6O3. The number of amides is 1. The first-order valence-corrected chi connectivity index (χ1v) is 7.91. The number of hydrogen-bond donors (Lipinski definition) is 1. The maximum Gasteiger partial charge on any atom is 0.251 e. The molecule has 2 aromatic heterocycles. The van der Waals surface area contributed by atoms with E-state index in [1.54, 1.807) is 22.8 Å². The van der Waals surface area contributed by atoms with Gasteiger partial charge >= 0.3 is 0 Å². The van der Waals surface area contributed by atoms with E-state index in [0.717, 1.165) is 0 Å². The summed E-state index contributed by atoms with van der Waals surface area (Å²) >= 11 is 0. The van der Waals surface area contributed by atoms with Crippen LogP contribution in [-0.4, -0.2) is 55.2 Å². The highest BCUT2D eigenvalue weighted by molar-refractivity contribution is 5.76. The van der Waals surface area contributed by atoms with E-state index in [1.807, 2.05) is 0 Å². The zero-order chi connectivity index (χ0) is 16.9. The smallest absolute Gasteiger partial charge is 0.251 e. The highest BCUT2D eigenvalue weighted by Crippen LogP contribution is 2.19. The Morgan fingerprint density at radius 2 is 2.38 bits per heavy atom. The number of nitrogens with one attached hydrogen (secondary N) is 1. The number of carbonyl (C=O) groups excluding carboxylic acids is 1. The summed E-state index contributed by atoms with van der Waals surface area (Å²) in [4.78, 5) is 36.6. The second-order valence-electron chi connectivity index (χ2n) is 5.73. The van der Waals surface area contributed by atoms with Crippen molar-refractivity contribution in [1.29, 1.82) is 0 Å². The van der Waals surface area contributed by atoms with Gasteiger partial charge in [-0.1, -0.05) is 0 Å². The molecule has 3 heterocycles. The standard InChI is InChI=1S/C15H20N6O3/c1-11-7-13(22)19-15(18-11)12-8-20(5-6-24-12)14(23)3-2-4-21-10-16-9-17-21/h7,9-10,12H,2-6,8H2,1H3,(H,18,19,22). The Hall–Kier alpha value is -2.55. The lowest BCUT2D eigenvalue weighted by molar-refractivity contribution is -0.139. The van der Waals surface area contributed by atoms with Crippen LogP contribution < -0.4 is 5.56 Å². The largest absolute Gasteiger partial charge is 0.367 e. The number of aryl methyl sites for hydroxylation is 2. The molecule has 9 nitrogen and oxygen atoms in total. The van der Waals surface area contributed by atoms with Crippen LogP contribution in [0, 0.1) is 6.92 Å². The van der Waals surface area contributed by atoms with Crippen molar-refractivity contribution in [3.8, 4) is 0 Å². The van der Waals surface area contributed by atoms with E-state index < -0.39 is 6.10 Å². The third-order valence-corrected chi connectivity index (χ3v) is 3.86. The lowest BCUT2D eigenvalue weighted by Crippen LogP contribution is -2.43. The van der Waals surface area contributed by atoms with Gasteiger partial charge in [-0.25, -0.2) is 9.97 Å². The molecule has 3 rings (SSSR count). The number of H-pyrrole nitrogens is 1. The molecule has 1 atom stereocenters. The van der Waals surface area contributed by atoms with Gasteiger partial charge in [0.05, 0.1) is 13.2 Å². The zero-order valence-corrected chi connectivity index (χ0v) is 13.5. The van der Waals surface area contributed by atoms with E-state index in [0.29, 0.717) is 50.6 Å². The summed E-state index contributed by atoms with van der Waals surface area (Å²) in [5.74, 6) is 0.540. The number of hydrogen-bond acceptors (Lipinski definition) is 6. The van der Waals surface area contributed by atoms with Crippen LogP contribution in [-0.2, 0) is 16.1 Å². The molecule has 1 aliphatic heterocycles. The number of nitrogens with zero attached hydrogens (tertiary/aromatic N) is 5. The maximum absolute atomic E-state index is 12.4. The highest BCUT2D eigenvalue weighted by Gasteiger charge is 2.26. The molecule has 0 aliphatic carbocycles. The molecule has 1 N–H and O–H groups in total. The Morgan fingerprint density at radius 1 is 1.50 bits per heavy atom. The Balaban J connectivity index is 1.56. The van der Waals surface area contributed by atoms with E-state index >= 15 is 0 Å². The second-order valence-corrected chi connectivity index (χ2v) is 5.73. The van der Waals surface area contributed by atoms with Crippen molar-refractivity contribution >= 4 is 5.91 Å². The van der Waals surface area contributed by atoms with Crippen molar-refractivity contribution in [2.24, 2.45) is 0 Å². The van der Waals surface area contributed by atoms with Gasteiger partial charge in [-0.3, -0.25) is 14.3 Å². The molecule has 1 unspecified atom stereocenters. The fourth-order valence-electron chi connectivity index (χ4n) is 2.69. The number of carbonyl (C=O) groups is 1. The molecule has 1 aliphatic rings. The summed E-state index contributed by atoms with van der Waals surface area (Å²) in [7, 11) is 0. The summed E-state index contributed by atoms with van der Waals surface area (Å²) < 4.78 is 7.37. The molecule has 0 spiro atoms. The van der Waals surface area contributed by atoms with Crippen LogP contribution in [0.25, 0.3) is 0 Å². The third kappa shape index (κ3) is 4.05. The van der Waals surface area contributed by atoms with Gasteiger partial charge in [0.2, 0.25) is 5.91 Å². The summed E-state index contributed by atoms with van der Waals surface area (Å²) in [6, 6.07) is 1.43. The SMILES string of the molecule is Cc1cc(=O)[nH]c(C2CN(C(=O)CCCn3cncn3)CCO2)n1. The Bertz CT molecular complexity index is 742. The predicted octanol–water partition coefficient (Wildman–Crippen LogP) is 0.0501. The quantitative estimate of drug-likeness (QED) is 0.829. The van der Waals surface area contributed by atoms with Crippen LogP contribution in [0.1, 0.15) is 30.5 Å². The monoisotopic (exact) mass is 332 g/mol. The fraction of sp³-hybridized carbons (Fsp3) is 0.533. The normalized spacial score (nSPS) is 17.9. The first-order chi connectivity index (χ1) is 11.6. The number of morpholine rings is 1. The molecule has 1 fully saturated rings. The van der Waals surface area contributed by atoms with E-state index in [1.165, 1.54) is 12.4 Å². The van der Waals surface area contributed by atoms with Crippen LogP contribution in [0.5, 0.6) is 0 Å². The minimum Gasteiger partial charge on any atom is -0.367 e. The van der Waals surface area contributed by atoms with Gasteiger partial charge < -0.3 is 14.6 Å². The topological polar surface area (TPSA) is 106 Å². The van der Waals surface area contributed by atoms with E-state index in [2.05, 4.69) is 20.1 Å². The van der Waals surface area contributed by atoms with E-state index in [-0.39, 0.29) is 11.5 Å². The van der Waals surface area contributed by atoms with E-state index in [9.17, 15) is 9.59 Å². The minimum absolute atomic E-state index is 0.0680. The molecule has 0 aromatic carbocycles. The Labute approximate surface area is 138 Å². The van der Waals surface area contributed by atoms with Gasteiger partial charge in [0.25, 0.3) is 5.56 Å². The van der Waals surface area contributed by atoms with Crippen molar-refractivity contribution in [2.75, 3.05) is 19.7 Å². The minimum atomic E-state index is -0.398. The molecule has 24 heavy (non-hydrogen) atoms. The molecular weight excluding hydrogens is 312 g/mol. The van der Waals surface area contributed by atoms with Crippen molar-refractivity contribution in [1.82, 2.24) is 29.6 Å². The average molecular weight is 332 g/mol. The highest BCUT2D eigenvalue weighted by atomic mass is 16.5. The molecule has 1 saturated heterocycles. The van der Waals surface area contributed by atoms with Gasteiger partial charge in [-0.15, -0.1) is 0 Å². The van der Waals surface area contributed by atoms with Gasteiger partial charge in [0.1, 0.15) is 24.6 Å². The van der Waals surface area contributed by atoms with E-state index in [4.69, 9.17) is 4.74 Å². The molecule has 128 valence electrons. The van der Waals surface area contributed by atoms with Crippen molar-refractivity contribution in [3.63, 3.8) is 0 Å². The van der Waals surface area contributed by atoms with Crippen molar-refractivity contribution < 1.29 is 9.53 Å². The average Bonchev–Trinajstić information content (AvgIpc) is 3.07. The number of rotatable bonds is 5. The number of aromatic amines is 1. The maximum atomic E-state index is 12.4. The first-order valence-electron chi connectivity index (χ1n) is 7.91. The first kappa shape index (κ1) is 16.3. The van der Waals surface area contributed by atoms with Crippen LogP contribution in [0.15, 0.2) is 23.5 Å². The molecule has 0 radical (unpaired) electrons. The number of aromatic nitrogens is 5. The predicted molar refractivity (Wildman–Crippen MR) is 84.1 cm³/mol. The molecule has 0 saturated carbocycles. The molecule has 2 aromatic rings. The summed E-state index contributed by atoms with van der Waals surface area (Å²) in [5.41, 5.74) is 0.422. The summed E-state index contributed by atoms with van der Waals surface area (Å²) in [6.07, 6.45) is 3.85. The molecule has 1 amide bonds. The number of ether oxygens (including phenoxy) is 1. The molecule has 9 heteroatoms. The second kappa shape index (κ2) is 7.35. The van der Waals surface area contributed by atoms with Gasteiger partial charge in [0, 0.05) is 31.3 Å². The Morgan fingerprint density at radius 3 is 3.12 bits per heavy atom. The van der Waals surface area contributed by atoms with Gasteiger partial charge in [0.15, 0.2) is 0 Å². The van der Waals surface area contributed by atoms with Crippen LogP contribution in [0.4, 0.5) is 0 Å². The lowest BCUT2D eigenvalue weighted by atomic mass is 10.2. The van der Waals surface area contributed by atoms with Crippen LogP contribution in [0.3, 0.4) is 0 Å². The fourth-order valence-corrected chi connectivity index (χ4v) is 2.69. The zero-order valence-electron chi connectivity index (χ0n) is 13.5. The summed E-state index contributed by atoms with van der Waals surface area (Å²) in [5, 5.41) is 4.01. The van der Waals surface area contributed by atoms with Gasteiger partial charge in [-0.05, 0) is 13.3 Å². The lowest BCUT2D eigenvalue weighted by Gasteiger charge is -2.32.